The van der Waals surface area contributed by atoms with Crippen molar-refractivity contribution in [3.63, 3.8) is 0 Å². The molecule has 0 bridgehead atoms. The quantitative estimate of drug-likeness (QED) is 0.581. The van der Waals surface area contributed by atoms with Gasteiger partial charge in [0.15, 0.2) is 0 Å². The average molecular weight is 228 g/mol. The molecule has 64 valence electrons. The van der Waals surface area contributed by atoms with Crippen LogP contribution in [0.15, 0.2) is 22.7 Å². The molecule has 0 saturated heterocycles. The highest BCUT2D eigenvalue weighted by Gasteiger charge is 2.06. The maximum Gasteiger partial charge on any atom is 0.213 e. The zero-order valence-corrected chi connectivity index (χ0v) is 8.60. The lowest BCUT2D eigenvalue weighted by Gasteiger charge is -2.06. The summed E-state index contributed by atoms with van der Waals surface area (Å²) >= 11 is 3.39. The predicted octanol–water partition coefficient (Wildman–Crippen LogP) is 2.73. The SMILES string of the molecule is COC(=N)c1cccc(Br)c1C. The molecule has 0 heterocycles. The van der Waals surface area contributed by atoms with E-state index in [2.05, 4.69) is 15.9 Å². The van der Waals surface area contributed by atoms with Gasteiger partial charge in [0, 0.05) is 10.0 Å². The minimum atomic E-state index is 0.203. The van der Waals surface area contributed by atoms with Crippen molar-refractivity contribution in [1.82, 2.24) is 0 Å². The number of hydrogen-bond acceptors (Lipinski definition) is 2. The summed E-state index contributed by atoms with van der Waals surface area (Å²) in [6.45, 7) is 1.95. The molecule has 3 heteroatoms. The molecule has 0 fully saturated rings. The monoisotopic (exact) mass is 227 g/mol. The standard InChI is InChI=1S/C9H10BrNO/c1-6-7(9(11)12-2)4-3-5-8(6)10/h3-5,11H,1-2H3. The Balaban J connectivity index is 3.16. The van der Waals surface area contributed by atoms with Gasteiger partial charge in [0.1, 0.15) is 0 Å². The van der Waals surface area contributed by atoms with Gasteiger partial charge in [-0.25, -0.2) is 0 Å². The first-order valence-electron chi connectivity index (χ1n) is 3.55. The molecule has 0 aromatic heterocycles. The molecule has 0 atom stereocenters. The predicted molar refractivity (Wildman–Crippen MR) is 52.7 cm³/mol. The van der Waals surface area contributed by atoms with Crippen LogP contribution in [-0.2, 0) is 4.74 Å². The molecule has 2 nitrogen and oxygen atoms in total. The van der Waals surface area contributed by atoms with E-state index in [9.17, 15) is 0 Å². The van der Waals surface area contributed by atoms with Crippen molar-refractivity contribution in [2.45, 2.75) is 6.92 Å². The Morgan fingerprint density at radius 2 is 2.17 bits per heavy atom. The highest BCUT2D eigenvalue weighted by molar-refractivity contribution is 9.10. The maximum absolute atomic E-state index is 7.47. The van der Waals surface area contributed by atoms with Gasteiger partial charge in [-0.05, 0) is 24.6 Å². The highest BCUT2D eigenvalue weighted by atomic mass is 79.9. The summed E-state index contributed by atoms with van der Waals surface area (Å²) in [5.41, 5.74) is 1.86. The van der Waals surface area contributed by atoms with Crippen molar-refractivity contribution in [1.29, 1.82) is 5.41 Å². The fraction of sp³-hybridized carbons (Fsp3) is 0.222. The van der Waals surface area contributed by atoms with Gasteiger partial charge in [-0.1, -0.05) is 22.0 Å². The Bertz CT molecular complexity index is 309. The van der Waals surface area contributed by atoms with E-state index in [0.29, 0.717) is 0 Å². The molecule has 12 heavy (non-hydrogen) atoms. The molecule has 0 aliphatic heterocycles. The summed E-state index contributed by atoms with van der Waals surface area (Å²) in [5, 5.41) is 7.47. The van der Waals surface area contributed by atoms with E-state index >= 15 is 0 Å². The summed E-state index contributed by atoms with van der Waals surface area (Å²) in [4.78, 5) is 0. The fourth-order valence-electron chi connectivity index (χ4n) is 0.963. The van der Waals surface area contributed by atoms with Crippen LogP contribution in [0.2, 0.25) is 0 Å². The summed E-state index contributed by atoms with van der Waals surface area (Å²) in [7, 11) is 1.50. The molecule has 1 aromatic carbocycles. The van der Waals surface area contributed by atoms with Crippen molar-refractivity contribution < 1.29 is 4.74 Å². The van der Waals surface area contributed by atoms with Crippen molar-refractivity contribution >= 4 is 21.8 Å². The second kappa shape index (κ2) is 3.72. The molecular weight excluding hydrogens is 218 g/mol. The van der Waals surface area contributed by atoms with Crippen LogP contribution in [0.25, 0.3) is 0 Å². The normalized spacial score (nSPS) is 9.58. The Morgan fingerprint density at radius 1 is 1.50 bits per heavy atom. The van der Waals surface area contributed by atoms with Crippen LogP contribution in [0.1, 0.15) is 11.1 Å². The number of ether oxygens (including phenoxy) is 1. The summed E-state index contributed by atoms with van der Waals surface area (Å²) < 4.78 is 5.84. The smallest absolute Gasteiger partial charge is 0.213 e. The Labute approximate surface area is 80.2 Å². The first kappa shape index (κ1) is 9.26. The molecule has 1 N–H and O–H groups in total. The second-order valence-corrected chi connectivity index (χ2v) is 3.30. The van der Waals surface area contributed by atoms with Crippen LogP contribution in [0.5, 0.6) is 0 Å². The molecular formula is C9H10BrNO. The van der Waals surface area contributed by atoms with Gasteiger partial charge in [-0.2, -0.15) is 0 Å². The first-order valence-corrected chi connectivity index (χ1v) is 4.34. The number of methoxy groups -OCH3 is 1. The average Bonchev–Trinajstić information content (AvgIpc) is 2.08. The molecule has 1 rings (SSSR count). The highest BCUT2D eigenvalue weighted by Crippen LogP contribution is 2.19. The number of nitrogens with one attached hydrogen (secondary N) is 1. The Morgan fingerprint density at radius 3 is 2.75 bits per heavy atom. The van der Waals surface area contributed by atoms with Crippen LogP contribution < -0.4 is 0 Å². The third-order valence-corrected chi connectivity index (χ3v) is 2.58. The van der Waals surface area contributed by atoms with E-state index < -0.39 is 0 Å². The number of halogens is 1. The lowest BCUT2D eigenvalue weighted by atomic mass is 10.1. The number of hydrogen-bond donors (Lipinski definition) is 1. The Kier molecular flexibility index (Phi) is 2.87. The minimum absolute atomic E-state index is 0.203. The van der Waals surface area contributed by atoms with Gasteiger partial charge in [0.2, 0.25) is 5.90 Å². The van der Waals surface area contributed by atoms with E-state index in [1.807, 2.05) is 25.1 Å². The van der Waals surface area contributed by atoms with E-state index in [1.165, 1.54) is 7.11 Å². The molecule has 0 unspecified atom stereocenters. The third kappa shape index (κ3) is 1.67. The fourth-order valence-corrected chi connectivity index (χ4v) is 1.33. The lowest BCUT2D eigenvalue weighted by Crippen LogP contribution is -2.03. The van der Waals surface area contributed by atoms with Crippen LogP contribution in [0.4, 0.5) is 0 Å². The van der Waals surface area contributed by atoms with Crippen LogP contribution >= 0.6 is 15.9 Å². The van der Waals surface area contributed by atoms with E-state index in [0.717, 1.165) is 15.6 Å². The molecule has 0 aliphatic carbocycles. The number of benzene rings is 1. The van der Waals surface area contributed by atoms with Crippen molar-refractivity contribution in [3.8, 4) is 0 Å². The van der Waals surface area contributed by atoms with Gasteiger partial charge >= 0.3 is 0 Å². The van der Waals surface area contributed by atoms with E-state index in [1.54, 1.807) is 0 Å². The Hall–Kier alpha value is -0.830. The van der Waals surface area contributed by atoms with Crippen molar-refractivity contribution in [2.75, 3.05) is 7.11 Å². The van der Waals surface area contributed by atoms with Gasteiger partial charge in [-0.15, -0.1) is 0 Å². The third-order valence-electron chi connectivity index (χ3n) is 1.72. The van der Waals surface area contributed by atoms with Crippen LogP contribution in [-0.4, -0.2) is 13.0 Å². The first-order chi connectivity index (χ1) is 5.66. The summed E-state index contributed by atoms with van der Waals surface area (Å²) in [6.07, 6.45) is 0. The minimum Gasteiger partial charge on any atom is -0.481 e. The topological polar surface area (TPSA) is 33.1 Å². The molecule has 0 aliphatic rings. The zero-order valence-electron chi connectivity index (χ0n) is 7.02. The molecule has 0 saturated carbocycles. The number of rotatable bonds is 1. The van der Waals surface area contributed by atoms with Crippen molar-refractivity contribution in [3.05, 3.63) is 33.8 Å². The maximum atomic E-state index is 7.47. The van der Waals surface area contributed by atoms with Crippen LogP contribution in [0, 0.1) is 12.3 Å². The largest absolute Gasteiger partial charge is 0.481 e. The van der Waals surface area contributed by atoms with Crippen LogP contribution in [0.3, 0.4) is 0 Å². The van der Waals surface area contributed by atoms with Gasteiger partial charge in [0.05, 0.1) is 7.11 Å². The molecule has 0 radical (unpaired) electrons. The van der Waals surface area contributed by atoms with E-state index in [4.69, 9.17) is 10.1 Å². The van der Waals surface area contributed by atoms with E-state index in [-0.39, 0.29) is 5.90 Å². The summed E-state index contributed by atoms with van der Waals surface area (Å²) in [6, 6.07) is 5.70. The molecule has 1 aromatic rings. The second-order valence-electron chi connectivity index (χ2n) is 2.45. The molecule has 0 spiro atoms. The zero-order chi connectivity index (χ0) is 9.14. The molecule has 0 amide bonds. The van der Waals surface area contributed by atoms with Gasteiger partial charge in [0.25, 0.3) is 0 Å². The van der Waals surface area contributed by atoms with Gasteiger partial charge in [-0.3, -0.25) is 5.41 Å². The lowest BCUT2D eigenvalue weighted by molar-refractivity contribution is 0.401. The summed E-state index contributed by atoms with van der Waals surface area (Å²) in [5.74, 6) is 0.203. The van der Waals surface area contributed by atoms with Gasteiger partial charge < -0.3 is 4.74 Å². The van der Waals surface area contributed by atoms with Crippen molar-refractivity contribution in [2.24, 2.45) is 0 Å².